The minimum Gasteiger partial charge on any atom is -0.329 e. The standard InChI is InChI=1S/C12H26N2/c1-4-7-14-12(9-13)6-5-10(2)8-11(12)3/h10-11,14H,4-9,13H2,1-3H3. The van der Waals surface area contributed by atoms with Crippen molar-refractivity contribution in [3.05, 3.63) is 0 Å². The van der Waals surface area contributed by atoms with Gasteiger partial charge in [0.2, 0.25) is 0 Å². The van der Waals surface area contributed by atoms with Crippen LogP contribution in [0.25, 0.3) is 0 Å². The summed E-state index contributed by atoms with van der Waals surface area (Å²) in [7, 11) is 0. The number of nitrogens with two attached hydrogens (primary N) is 1. The quantitative estimate of drug-likeness (QED) is 0.726. The maximum atomic E-state index is 5.95. The summed E-state index contributed by atoms with van der Waals surface area (Å²) in [6.45, 7) is 8.83. The summed E-state index contributed by atoms with van der Waals surface area (Å²) in [5.74, 6) is 1.61. The van der Waals surface area contributed by atoms with Gasteiger partial charge in [0.05, 0.1) is 0 Å². The summed E-state index contributed by atoms with van der Waals surface area (Å²) in [4.78, 5) is 0. The molecule has 3 N–H and O–H groups in total. The molecule has 0 amide bonds. The molecule has 0 spiro atoms. The smallest absolute Gasteiger partial charge is 0.0329 e. The second-order valence-electron chi connectivity index (χ2n) is 5.07. The van der Waals surface area contributed by atoms with E-state index in [1.807, 2.05) is 0 Å². The molecular weight excluding hydrogens is 172 g/mol. The van der Waals surface area contributed by atoms with Crippen molar-refractivity contribution in [1.29, 1.82) is 0 Å². The van der Waals surface area contributed by atoms with Crippen LogP contribution in [0.5, 0.6) is 0 Å². The van der Waals surface area contributed by atoms with Crippen LogP contribution in [0.3, 0.4) is 0 Å². The second-order valence-corrected chi connectivity index (χ2v) is 5.07. The minimum absolute atomic E-state index is 0.239. The third-order valence-corrected chi connectivity index (χ3v) is 3.87. The van der Waals surface area contributed by atoms with Gasteiger partial charge in [-0.05, 0) is 44.1 Å². The molecule has 0 radical (unpaired) electrons. The first-order valence-corrected chi connectivity index (χ1v) is 6.09. The molecule has 0 heterocycles. The molecule has 1 saturated carbocycles. The van der Waals surface area contributed by atoms with Crippen molar-refractivity contribution in [2.45, 2.75) is 52.0 Å². The summed E-state index contributed by atoms with van der Waals surface area (Å²) in [5, 5.41) is 3.68. The lowest BCUT2D eigenvalue weighted by Gasteiger charge is -2.45. The van der Waals surface area contributed by atoms with E-state index in [4.69, 9.17) is 5.73 Å². The van der Waals surface area contributed by atoms with Crippen LogP contribution in [-0.4, -0.2) is 18.6 Å². The van der Waals surface area contributed by atoms with Gasteiger partial charge in [0.25, 0.3) is 0 Å². The highest BCUT2D eigenvalue weighted by Gasteiger charge is 2.38. The second kappa shape index (κ2) is 5.13. The van der Waals surface area contributed by atoms with Gasteiger partial charge in [-0.3, -0.25) is 0 Å². The molecule has 0 aromatic carbocycles. The fraction of sp³-hybridized carbons (Fsp3) is 1.00. The van der Waals surface area contributed by atoms with E-state index in [-0.39, 0.29) is 5.54 Å². The Balaban J connectivity index is 2.58. The number of hydrogen-bond donors (Lipinski definition) is 2. The van der Waals surface area contributed by atoms with E-state index in [0.717, 1.165) is 24.9 Å². The van der Waals surface area contributed by atoms with Gasteiger partial charge < -0.3 is 11.1 Å². The summed E-state index contributed by atoms with van der Waals surface area (Å²) in [6.07, 6.45) is 5.11. The molecule has 3 atom stereocenters. The number of rotatable bonds is 4. The lowest BCUT2D eigenvalue weighted by atomic mass is 9.70. The van der Waals surface area contributed by atoms with E-state index in [0.29, 0.717) is 0 Å². The van der Waals surface area contributed by atoms with E-state index in [2.05, 4.69) is 26.1 Å². The monoisotopic (exact) mass is 198 g/mol. The highest BCUT2D eigenvalue weighted by Crippen LogP contribution is 2.36. The van der Waals surface area contributed by atoms with Gasteiger partial charge in [0, 0.05) is 12.1 Å². The molecule has 14 heavy (non-hydrogen) atoms. The normalized spacial score (nSPS) is 38.6. The zero-order valence-electron chi connectivity index (χ0n) is 9.97. The van der Waals surface area contributed by atoms with Crippen molar-refractivity contribution < 1.29 is 0 Å². The molecule has 1 aliphatic carbocycles. The Morgan fingerprint density at radius 1 is 1.43 bits per heavy atom. The van der Waals surface area contributed by atoms with Crippen LogP contribution in [0.1, 0.15) is 46.5 Å². The van der Waals surface area contributed by atoms with Crippen molar-refractivity contribution >= 4 is 0 Å². The minimum atomic E-state index is 0.239. The van der Waals surface area contributed by atoms with Crippen molar-refractivity contribution in [1.82, 2.24) is 5.32 Å². The molecule has 1 rings (SSSR count). The third-order valence-electron chi connectivity index (χ3n) is 3.87. The highest BCUT2D eigenvalue weighted by atomic mass is 15.0. The first-order chi connectivity index (χ1) is 6.64. The first-order valence-electron chi connectivity index (χ1n) is 6.09. The number of hydrogen-bond acceptors (Lipinski definition) is 2. The Hall–Kier alpha value is -0.0800. The highest BCUT2D eigenvalue weighted by molar-refractivity contribution is 4.97. The Morgan fingerprint density at radius 2 is 2.14 bits per heavy atom. The van der Waals surface area contributed by atoms with E-state index >= 15 is 0 Å². The average Bonchev–Trinajstić information content (AvgIpc) is 2.18. The predicted molar refractivity (Wildman–Crippen MR) is 62.3 cm³/mol. The predicted octanol–water partition coefficient (Wildman–Crippen LogP) is 2.14. The molecular formula is C12H26N2. The molecule has 0 bridgehead atoms. The average molecular weight is 198 g/mol. The van der Waals surface area contributed by atoms with Gasteiger partial charge in [0.15, 0.2) is 0 Å². The van der Waals surface area contributed by atoms with Crippen LogP contribution in [0, 0.1) is 11.8 Å². The van der Waals surface area contributed by atoms with Gasteiger partial charge >= 0.3 is 0 Å². The fourth-order valence-electron chi connectivity index (χ4n) is 2.71. The topological polar surface area (TPSA) is 38.0 Å². The molecule has 3 unspecified atom stereocenters. The molecule has 1 fully saturated rings. The van der Waals surface area contributed by atoms with Crippen molar-refractivity contribution in [2.75, 3.05) is 13.1 Å². The molecule has 0 aliphatic heterocycles. The van der Waals surface area contributed by atoms with Crippen LogP contribution >= 0.6 is 0 Å². The molecule has 0 saturated heterocycles. The molecule has 84 valence electrons. The Bertz CT molecular complexity index is 166. The van der Waals surface area contributed by atoms with Crippen LogP contribution in [0.2, 0.25) is 0 Å². The molecule has 2 heteroatoms. The van der Waals surface area contributed by atoms with Crippen LogP contribution in [-0.2, 0) is 0 Å². The SMILES string of the molecule is CCCNC1(CN)CCC(C)CC1C. The van der Waals surface area contributed by atoms with Crippen LogP contribution < -0.4 is 11.1 Å². The van der Waals surface area contributed by atoms with Crippen molar-refractivity contribution in [3.8, 4) is 0 Å². The van der Waals surface area contributed by atoms with Gasteiger partial charge in [0.1, 0.15) is 0 Å². The molecule has 1 aliphatic rings. The largest absolute Gasteiger partial charge is 0.329 e. The van der Waals surface area contributed by atoms with Crippen molar-refractivity contribution in [3.63, 3.8) is 0 Å². The third kappa shape index (κ3) is 2.48. The zero-order valence-corrected chi connectivity index (χ0v) is 9.97. The van der Waals surface area contributed by atoms with Gasteiger partial charge in [-0.15, -0.1) is 0 Å². The first kappa shape index (κ1) is 12.0. The number of nitrogens with one attached hydrogen (secondary N) is 1. The Morgan fingerprint density at radius 3 is 2.64 bits per heavy atom. The van der Waals surface area contributed by atoms with Gasteiger partial charge in [-0.1, -0.05) is 20.8 Å². The molecule has 0 aromatic rings. The Labute approximate surface area is 88.6 Å². The van der Waals surface area contributed by atoms with E-state index in [1.165, 1.54) is 25.7 Å². The Kier molecular flexibility index (Phi) is 4.39. The lowest BCUT2D eigenvalue weighted by Crippen LogP contribution is -2.58. The molecule has 0 aromatic heterocycles. The van der Waals surface area contributed by atoms with Gasteiger partial charge in [-0.25, -0.2) is 0 Å². The van der Waals surface area contributed by atoms with Crippen molar-refractivity contribution in [2.24, 2.45) is 17.6 Å². The zero-order chi connectivity index (χ0) is 10.6. The summed E-state index contributed by atoms with van der Waals surface area (Å²) in [5.41, 5.74) is 6.19. The fourth-order valence-corrected chi connectivity index (χ4v) is 2.71. The van der Waals surface area contributed by atoms with Crippen LogP contribution in [0.4, 0.5) is 0 Å². The summed E-state index contributed by atoms with van der Waals surface area (Å²) >= 11 is 0. The van der Waals surface area contributed by atoms with E-state index in [1.54, 1.807) is 0 Å². The lowest BCUT2D eigenvalue weighted by molar-refractivity contribution is 0.130. The summed E-state index contributed by atoms with van der Waals surface area (Å²) in [6, 6.07) is 0. The van der Waals surface area contributed by atoms with E-state index < -0.39 is 0 Å². The maximum Gasteiger partial charge on any atom is 0.0329 e. The maximum absolute atomic E-state index is 5.95. The van der Waals surface area contributed by atoms with Gasteiger partial charge in [-0.2, -0.15) is 0 Å². The summed E-state index contributed by atoms with van der Waals surface area (Å²) < 4.78 is 0. The van der Waals surface area contributed by atoms with Crippen LogP contribution in [0.15, 0.2) is 0 Å². The van der Waals surface area contributed by atoms with E-state index in [9.17, 15) is 0 Å². The molecule has 2 nitrogen and oxygen atoms in total.